The Morgan fingerprint density at radius 2 is 1.54 bits per heavy atom. The van der Waals surface area contributed by atoms with Gasteiger partial charge in [0.2, 0.25) is 10.0 Å². The van der Waals surface area contributed by atoms with Crippen LogP contribution in [0.1, 0.15) is 32.8 Å². The Morgan fingerprint density at radius 1 is 0.949 bits per heavy atom. The van der Waals surface area contributed by atoms with E-state index in [4.69, 9.17) is 4.42 Å². The molecule has 13 heteroatoms. The van der Waals surface area contributed by atoms with Crippen molar-refractivity contribution in [1.29, 1.82) is 0 Å². The summed E-state index contributed by atoms with van der Waals surface area (Å²) in [5.74, 6) is -0.541. The van der Waals surface area contributed by atoms with Crippen LogP contribution in [0.3, 0.4) is 0 Å². The van der Waals surface area contributed by atoms with Crippen LogP contribution in [-0.2, 0) is 16.4 Å². The molecule has 0 spiro atoms. The van der Waals surface area contributed by atoms with Gasteiger partial charge in [-0.25, -0.2) is 13.1 Å². The summed E-state index contributed by atoms with van der Waals surface area (Å²) in [6, 6.07) is 15.4. The van der Waals surface area contributed by atoms with Gasteiger partial charge in [0, 0.05) is 5.56 Å². The molecule has 39 heavy (non-hydrogen) atoms. The van der Waals surface area contributed by atoms with Gasteiger partial charge >= 0.3 is 6.01 Å². The number of aromatic nitrogens is 1. The van der Waals surface area contributed by atoms with E-state index in [0.29, 0.717) is 17.7 Å². The van der Waals surface area contributed by atoms with Crippen LogP contribution < -0.4 is 15.4 Å². The third-order valence-corrected chi connectivity index (χ3v) is 6.97. The van der Waals surface area contributed by atoms with Crippen molar-refractivity contribution in [1.82, 2.24) is 15.6 Å². The highest BCUT2D eigenvalue weighted by Gasteiger charge is 2.34. The first-order valence-electron chi connectivity index (χ1n) is 12.1. The van der Waals surface area contributed by atoms with Crippen LogP contribution in [0.15, 0.2) is 71.3 Å². The summed E-state index contributed by atoms with van der Waals surface area (Å²) < 4.78 is 29.9. The fraction of sp³-hybridized carbons (Fsp3) is 0.346. The summed E-state index contributed by atoms with van der Waals surface area (Å²) in [6.45, 7) is 0. The SMILES string of the molecule is CSCCC(NC(=O)c1ccccc1)C(O)C(O)C(Cc1ccccc1)NC(=O)c1coc(NS(C)(=O)=O)n1. The zero-order chi connectivity index (χ0) is 28.4. The molecule has 11 nitrogen and oxygen atoms in total. The number of hydrogen-bond acceptors (Lipinski definition) is 9. The summed E-state index contributed by atoms with van der Waals surface area (Å²) in [7, 11) is -3.67. The molecule has 0 bridgehead atoms. The second-order valence-corrected chi connectivity index (χ2v) is 11.6. The quantitative estimate of drug-likeness (QED) is 0.191. The van der Waals surface area contributed by atoms with Crippen LogP contribution in [0.4, 0.5) is 6.01 Å². The normalized spacial score (nSPS) is 14.6. The summed E-state index contributed by atoms with van der Waals surface area (Å²) in [5, 5.41) is 28.0. The van der Waals surface area contributed by atoms with Crippen molar-refractivity contribution in [3.05, 3.63) is 83.7 Å². The number of carbonyl (C=O) groups excluding carboxylic acids is 2. The summed E-state index contributed by atoms with van der Waals surface area (Å²) in [4.78, 5) is 29.6. The zero-order valence-electron chi connectivity index (χ0n) is 21.5. The van der Waals surface area contributed by atoms with E-state index in [-0.39, 0.29) is 18.1 Å². The van der Waals surface area contributed by atoms with Gasteiger partial charge in [-0.05, 0) is 42.5 Å². The Labute approximate surface area is 231 Å². The predicted molar refractivity (Wildman–Crippen MR) is 149 cm³/mol. The lowest BCUT2D eigenvalue weighted by molar-refractivity contribution is -0.0224. The van der Waals surface area contributed by atoms with E-state index in [2.05, 4.69) is 15.6 Å². The van der Waals surface area contributed by atoms with Gasteiger partial charge in [-0.3, -0.25) is 9.59 Å². The number of anilines is 1. The Balaban J connectivity index is 1.81. The number of aliphatic hydroxyl groups excluding tert-OH is 2. The maximum absolute atomic E-state index is 13.0. The van der Waals surface area contributed by atoms with Gasteiger partial charge in [-0.15, -0.1) is 0 Å². The molecule has 0 saturated carbocycles. The van der Waals surface area contributed by atoms with E-state index in [1.165, 1.54) is 11.8 Å². The van der Waals surface area contributed by atoms with Crippen LogP contribution in [0.25, 0.3) is 0 Å². The largest absolute Gasteiger partial charge is 0.431 e. The maximum Gasteiger partial charge on any atom is 0.309 e. The number of nitrogens with one attached hydrogen (secondary N) is 3. The van der Waals surface area contributed by atoms with E-state index < -0.39 is 46.1 Å². The molecule has 3 rings (SSSR count). The molecule has 0 saturated heterocycles. The van der Waals surface area contributed by atoms with Crippen molar-refractivity contribution in [3.63, 3.8) is 0 Å². The zero-order valence-corrected chi connectivity index (χ0v) is 23.1. The topological polar surface area (TPSA) is 171 Å². The Bertz CT molecular complexity index is 1320. The molecule has 0 aliphatic heterocycles. The number of rotatable bonds is 14. The Hall–Kier alpha value is -3.39. The molecular formula is C26H32N4O7S2. The number of hydrogen-bond donors (Lipinski definition) is 5. The minimum atomic E-state index is -3.67. The van der Waals surface area contributed by atoms with Crippen molar-refractivity contribution in [3.8, 4) is 0 Å². The Morgan fingerprint density at radius 3 is 2.15 bits per heavy atom. The summed E-state index contributed by atoms with van der Waals surface area (Å²) in [6.07, 6.45) is 1.38. The monoisotopic (exact) mass is 576 g/mol. The van der Waals surface area contributed by atoms with Gasteiger partial charge in [-0.2, -0.15) is 16.7 Å². The number of amides is 2. The van der Waals surface area contributed by atoms with Crippen molar-refractivity contribution < 1.29 is 32.6 Å². The summed E-state index contributed by atoms with van der Waals surface area (Å²) >= 11 is 1.53. The minimum absolute atomic E-state index is 0.152. The molecule has 0 aliphatic carbocycles. The van der Waals surface area contributed by atoms with Crippen molar-refractivity contribution in [2.24, 2.45) is 0 Å². The molecule has 4 atom stereocenters. The van der Waals surface area contributed by atoms with Gasteiger partial charge in [-0.1, -0.05) is 48.5 Å². The van der Waals surface area contributed by atoms with E-state index in [9.17, 15) is 28.2 Å². The number of benzene rings is 2. The molecule has 0 aliphatic rings. The Kier molecular flexibility index (Phi) is 10.9. The van der Waals surface area contributed by atoms with E-state index in [0.717, 1.165) is 18.1 Å². The van der Waals surface area contributed by atoms with Gasteiger partial charge in [0.15, 0.2) is 5.69 Å². The number of thioether (sulfide) groups is 1. The average Bonchev–Trinajstić information content (AvgIpc) is 3.37. The summed E-state index contributed by atoms with van der Waals surface area (Å²) in [5.41, 5.74) is 0.965. The fourth-order valence-corrected chi connectivity index (χ4v) is 4.74. The van der Waals surface area contributed by atoms with Crippen molar-refractivity contribution in [2.75, 3.05) is 23.0 Å². The fourth-order valence-electron chi connectivity index (χ4n) is 3.84. The first kappa shape index (κ1) is 30.2. The van der Waals surface area contributed by atoms with Gasteiger partial charge < -0.3 is 25.3 Å². The molecule has 0 radical (unpaired) electrons. The lowest BCUT2D eigenvalue weighted by Crippen LogP contribution is -2.56. The smallest absolute Gasteiger partial charge is 0.309 e. The number of aliphatic hydroxyl groups is 2. The predicted octanol–water partition coefficient (Wildman–Crippen LogP) is 1.66. The van der Waals surface area contributed by atoms with E-state index in [1.54, 1.807) is 42.5 Å². The minimum Gasteiger partial charge on any atom is -0.431 e. The van der Waals surface area contributed by atoms with Crippen LogP contribution in [0, 0.1) is 0 Å². The molecule has 2 amide bonds. The highest BCUT2D eigenvalue weighted by atomic mass is 32.2. The third kappa shape index (κ3) is 9.39. The first-order chi connectivity index (χ1) is 18.6. The number of carbonyl (C=O) groups is 2. The third-order valence-electron chi connectivity index (χ3n) is 5.78. The van der Waals surface area contributed by atoms with Crippen LogP contribution in [0.5, 0.6) is 0 Å². The lowest BCUT2D eigenvalue weighted by atomic mass is 9.92. The van der Waals surface area contributed by atoms with Crippen molar-refractivity contribution >= 4 is 39.6 Å². The van der Waals surface area contributed by atoms with Crippen LogP contribution in [0.2, 0.25) is 0 Å². The van der Waals surface area contributed by atoms with Crippen LogP contribution in [-0.4, -0.2) is 78.0 Å². The van der Waals surface area contributed by atoms with Crippen molar-refractivity contribution in [2.45, 2.75) is 37.1 Å². The highest BCUT2D eigenvalue weighted by Crippen LogP contribution is 2.17. The second-order valence-electron chi connectivity index (χ2n) is 8.89. The standard InChI is InChI=1S/C26H32N4O7S2/c1-38-14-13-19(27-24(33)18-11-7-4-8-12-18)22(31)23(32)20(15-17-9-5-3-6-10-17)28-25(34)21-16-37-26(29-21)30-39(2,35)36/h3-12,16,19-20,22-23,31-32H,13-15H2,1-2H3,(H,27,33)(H,28,34)(H,29,30). The molecular weight excluding hydrogens is 544 g/mol. The van der Waals surface area contributed by atoms with Gasteiger partial charge in [0.1, 0.15) is 18.5 Å². The second kappa shape index (κ2) is 14.1. The lowest BCUT2D eigenvalue weighted by Gasteiger charge is -2.33. The number of oxazole rings is 1. The number of sulfonamides is 1. The average molecular weight is 577 g/mol. The van der Waals surface area contributed by atoms with Gasteiger partial charge in [0.05, 0.1) is 18.3 Å². The molecule has 5 N–H and O–H groups in total. The van der Waals surface area contributed by atoms with E-state index >= 15 is 0 Å². The highest BCUT2D eigenvalue weighted by molar-refractivity contribution is 7.98. The molecule has 210 valence electrons. The number of nitrogens with zero attached hydrogens (tertiary/aromatic N) is 1. The molecule has 1 aromatic heterocycles. The van der Waals surface area contributed by atoms with E-state index in [1.807, 2.05) is 29.2 Å². The molecule has 3 aromatic rings. The first-order valence-corrected chi connectivity index (χ1v) is 15.3. The van der Waals surface area contributed by atoms with Gasteiger partial charge in [0.25, 0.3) is 11.8 Å². The maximum atomic E-state index is 13.0. The molecule has 0 fully saturated rings. The molecule has 4 unspecified atom stereocenters. The van der Waals surface area contributed by atoms with Crippen LogP contribution >= 0.6 is 11.8 Å². The molecule has 1 heterocycles. The molecule has 2 aromatic carbocycles.